The molecule has 1 N–H and O–H groups in total. The van der Waals surface area contributed by atoms with E-state index in [1.807, 2.05) is 0 Å². The average molecular weight is 436 g/mol. The number of nitrogens with zero attached hydrogens (tertiary/aromatic N) is 2. The molecule has 9 heteroatoms. The molecule has 1 fully saturated rings. The molecule has 0 radical (unpaired) electrons. The van der Waals surface area contributed by atoms with Crippen molar-refractivity contribution in [1.29, 1.82) is 0 Å². The molecule has 1 aromatic heterocycles. The van der Waals surface area contributed by atoms with Crippen LogP contribution in [0.2, 0.25) is 5.02 Å². The Labute approximate surface area is 178 Å². The van der Waals surface area contributed by atoms with Crippen LogP contribution in [0.4, 0.5) is 5.13 Å². The van der Waals surface area contributed by atoms with E-state index in [-0.39, 0.29) is 24.3 Å². The zero-order valence-corrected chi connectivity index (χ0v) is 17.8. The summed E-state index contributed by atoms with van der Waals surface area (Å²) < 4.78 is 4.99. The van der Waals surface area contributed by atoms with Crippen molar-refractivity contribution in [3.8, 4) is 0 Å². The first-order valence-electron chi connectivity index (χ1n) is 9.39. The van der Waals surface area contributed by atoms with E-state index in [4.69, 9.17) is 16.3 Å². The molecule has 1 aliphatic rings. The number of rotatable bonds is 5. The lowest BCUT2D eigenvalue weighted by atomic mass is 9.95. The molecule has 0 atom stereocenters. The van der Waals surface area contributed by atoms with Gasteiger partial charge in [-0.15, -0.1) is 0 Å². The first-order valence-corrected chi connectivity index (χ1v) is 10.6. The molecule has 2 amide bonds. The Morgan fingerprint density at radius 3 is 2.52 bits per heavy atom. The molecular weight excluding hydrogens is 414 g/mol. The van der Waals surface area contributed by atoms with E-state index in [0.29, 0.717) is 52.2 Å². The van der Waals surface area contributed by atoms with Crippen LogP contribution >= 0.6 is 22.9 Å². The number of thiazole rings is 1. The fourth-order valence-corrected chi connectivity index (χ4v) is 4.15. The highest BCUT2D eigenvalue weighted by molar-refractivity contribution is 7.17. The predicted octanol–water partition coefficient (Wildman–Crippen LogP) is 3.77. The van der Waals surface area contributed by atoms with Crippen molar-refractivity contribution < 1.29 is 19.1 Å². The number of hydrogen-bond acceptors (Lipinski definition) is 6. The SMILES string of the molecule is CCOC(=O)c1sc(NC(=O)C2CCN(C(=O)c3ccc(Cl)cc3)CC2)nc1C. The number of likely N-dealkylation sites (tertiary alicyclic amines) is 1. The monoisotopic (exact) mass is 435 g/mol. The number of aromatic nitrogens is 1. The van der Waals surface area contributed by atoms with Crippen LogP contribution in [-0.2, 0) is 9.53 Å². The van der Waals surface area contributed by atoms with Gasteiger partial charge < -0.3 is 15.0 Å². The highest BCUT2D eigenvalue weighted by Gasteiger charge is 2.28. The van der Waals surface area contributed by atoms with Crippen LogP contribution in [0.5, 0.6) is 0 Å². The quantitative estimate of drug-likeness (QED) is 0.722. The van der Waals surface area contributed by atoms with Gasteiger partial charge in [-0.1, -0.05) is 22.9 Å². The second-order valence-electron chi connectivity index (χ2n) is 6.72. The summed E-state index contributed by atoms with van der Waals surface area (Å²) in [5, 5.41) is 3.76. The second kappa shape index (κ2) is 9.37. The van der Waals surface area contributed by atoms with E-state index >= 15 is 0 Å². The number of carbonyl (C=O) groups is 3. The van der Waals surface area contributed by atoms with Gasteiger partial charge in [0, 0.05) is 29.6 Å². The minimum atomic E-state index is -0.433. The zero-order chi connectivity index (χ0) is 21.0. The van der Waals surface area contributed by atoms with Crippen molar-refractivity contribution >= 4 is 45.9 Å². The van der Waals surface area contributed by atoms with E-state index in [2.05, 4.69) is 10.3 Å². The van der Waals surface area contributed by atoms with Crippen molar-refractivity contribution in [1.82, 2.24) is 9.88 Å². The van der Waals surface area contributed by atoms with Gasteiger partial charge in [0.1, 0.15) is 4.88 Å². The third-order valence-corrected chi connectivity index (χ3v) is 6.04. The normalized spacial score (nSPS) is 14.5. The van der Waals surface area contributed by atoms with Crippen molar-refractivity contribution in [2.75, 3.05) is 25.0 Å². The lowest BCUT2D eigenvalue weighted by Crippen LogP contribution is -2.41. The Hall–Kier alpha value is -2.45. The lowest BCUT2D eigenvalue weighted by Gasteiger charge is -2.31. The molecular formula is C20H22ClN3O4S. The molecule has 2 aromatic rings. The summed E-state index contributed by atoms with van der Waals surface area (Å²) >= 11 is 6.98. The fourth-order valence-electron chi connectivity index (χ4n) is 3.16. The van der Waals surface area contributed by atoms with Gasteiger partial charge in [0.25, 0.3) is 5.91 Å². The molecule has 0 saturated carbocycles. The number of nitrogens with one attached hydrogen (secondary N) is 1. The van der Waals surface area contributed by atoms with Gasteiger partial charge in [0.05, 0.1) is 12.3 Å². The highest BCUT2D eigenvalue weighted by Crippen LogP contribution is 2.26. The van der Waals surface area contributed by atoms with Crippen LogP contribution < -0.4 is 5.32 Å². The van der Waals surface area contributed by atoms with Gasteiger partial charge in [-0.05, 0) is 51.0 Å². The number of ether oxygens (including phenoxy) is 1. The zero-order valence-electron chi connectivity index (χ0n) is 16.2. The van der Waals surface area contributed by atoms with Crippen LogP contribution in [0.1, 0.15) is 45.5 Å². The summed E-state index contributed by atoms with van der Waals surface area (Å²) in [7, 11) is 0. The average Bonchev–Trinajstić information content (AvgIpc) is 3.08. The largest absolute Gasteiger partial charge is 0.462 e. The molecule has 29 heavy (non-hydrogen) atoms. The molecule has 0 unspecified atom stereocenters. The van der Waals surface area contributed by atoms with Gasteiger partial charge in [0.2, 0.25) is 5.91 Å². The van der Waals surface area contributed by atoms with Gasteiger partial charge in [0.15, 0.2) is 5.13 Å². The molecule has 7 nitrogen and oxygen atoms in total. The van der Waals surface area contributed by atoms with E-state index < -0.39 is 5.97 Å². The number of amides is 2. The third-order valence-electron chi connectivity index (χ3n) is 4.73. The maximum absolute atomic E-state index is 12.6. The fraction of sp³-hybridized carbons (Fsp3) is 0.400. The van der Waals surface area contributed by atoms with E-state index in [1.54, 1.807) is 43.0 Å². The highest BCUT2D eigenvalue weighted by atomic mass is 35.5. The Kier molecular flexibility index (Phi) is 6.87. The minimum absolute atomic E-state index is 0.0600. The molecule has 1 aliphatic heterocycles. The van der Waals surface area contributed by atoms with Crippen LogP contribution in [0, 0.1) is 12.8 Å². The van der Waals surface area contributed by atoms with Crippen molar-refractivity contribution in [2.45, 2.75) is 26.7 Å². The number of aryl methyl sites for hydroxylation is 1. The Bertz CT molecular complexity index is 905. The molecule has 1 saturated heterocycles. The van der Waals surface area contributed by atoms with E-state index in [0.717, 1.165) is 11.3 Å². The standard InChI is InChI=1S/C20H22ClN3O4S/c1-3-28-19(27)16-12(2)22-20(29-16)23-17(25)13-8-10-24(11-9-13)18(26)14-4-6-15(21)7-5-14/h4-7,13H,3,8-11H2,1-2H3,(H,22,23,25). The maximum atomic E-state index is 12.6. The number of benzene rings is 1. The molecule has 154 valence electrons. The maximum Gasteiger partial charge on any atom is 0.350 e. The Morgan fingerprint density at radius 1 is 1.24 bits per heavy atom. The summed E-state index contributed by atoms with van der Waals surface area (Å²) in [6.45, 7) is 4.74. The van der Waals surface area contributed by atoms with Crippen molar-refractivity contribution in [3.05, 3.63) is 45.4 Å². The van der Waals surface area contributed by atoms with Gasteiger partial charge >= 0.3 is 5.97 Å². The van der Waals surface area contributed by atoms with Gasteiger partial charge in [-0.3, -0.25) is 9.59 Å². The number of carbonyl (C=O) groups excluding carboxylic acids is 3. The topological polar surface area (TPSA) is 88.6 Å². The smallest absolute Gasteiger partial charge is 0.350 e. The summed E-state index contributed by atoms with van der Waals surface area (Å²) in [6.07, 6.45) is 1.14. The molecule has 0 bridgehead atoms. The van der Waals surface area contributed by atoms with E-state index in [1.165, 1.54) is 0 Å². The molecule has 0 spiro atoms. The van der Waals surface area contributed by atoms with Crippen molar-refractivity contribution in [3.63, 3.8) is 0 Å². The number of anilines is 1. The summed E-state index contributed by atoms with van der Waals surface area (Å²) in [5.74, 6) is -0.848. The number of hydrogen-bond donors (Lipinski definition) is 1. The Morgan fingerprint density at radius 2 is 1.90 bits per heavy atom. The summed E-state index contributed by atoms with van der Waals surface area (Å²) in [5.41, 5.74) is 1.12. The summed E-state index contributed by atoms with van der Waals surface area (Å²) in [6, 6.07) is 6.79. The lowest BCUT2D eigenvalue weighted by molar-refractivity contribution is -0.121. The van der Waals surface area contributed by atoms with Crippen LogP contribution in [0.3, 0.4) is 0 Å². The van der Waals surface area contributed by atoms with Gasteiger partial charge in [-0.2, -0.15) is 0 Å². The molecule has 2 heterocycles. The predicted molar refractivity (Wildman–Crippen MR) is 112 cm³/mol. The van der Waals surface area contributed by atoms with Crippen LogP contribution in [-0.4, -0.2) is 47.4 Å². The first kappa shape index (κ1) is 21.3. The molecule has 1 aromatic carbocycles. The van der Waals surface area contributed by atoms with Crippen LogP contribution in [0.25, 0.3) is 0 Å². The first-order chi connectivity index (χ1) is 13.9. The van der Waals surface area contributed by atoms with E-state index in [9.17, 15) is 14.4 Å². The molecule has 3 rings (SSSR count). The molecule has 0 aliphatic carbocycles. The summed E-state index contributed by atoms with van der Waals surface area (Å²) in [4.78, 5) is 43.4. The third kappa shape index (κ3) is 5.13. The Balaban J connectivity index is 1.55. The van der Waals surface area contributed by atoms with Crippen molar-refractivity contribution in [2.24, 2.45) is 5.92 Å². The van der Waals surface area contributed by atoms with Gasteiger partial charge in [-0.25, -0.2) is 9.78 Å². The number of halogens is 1. The number of piperidine rings is 1. The second-order valence-corrected chi connectivity index (χ2v) is 8.15. The van der Waals surface area contributed by atoms with Crippen LogP contribution in [0.15, 0.2) is 24.3 Å². The number of esters is 1. The minimum Gasteiger partial charge on any atom is -0.462 e.